The Hall–Kier alpha value is -0.880. The van der Waals surface area contributed by atoms with Crippen molar-refractivity contribution >= 4 is 16.1 Å². The number of ether oxygens (including phenoxy) is 1. The highest BCUT2D eigenvalue weighted by Crippen LogP contribution is 2.25. The molecule has 15 heavy (non-hydrogen) atoms. The van der Waals surface area contributed by atoms with Gasteiger partial charge in [0.05, 0.1) is 25.9 Å². The van der Waals surface area contributed by atoms with E-state index >= 15 is 0 Å². The fourth-order valence-corrected chi connectivity index (χ4v) is 2.17. The standard InChI is InChI=1S/C9H14O5S/c1-13-9(10)6-7-4-3-5-8(7)14-15(2,11)12/h3-4,7-8H,5-6H2,1-2H3/t7-,8+/m1/s1. The minimum absolute atomic E-state index is 0.146. The lowest BCUT2D eigenvalue weighted by Crippen LogP contribution is -2.24. The van der Waals surface area contributed by atoms with Gasteiger partial charge < -0.3 is 4.74 Å². The van der Waals surface area contributed by atoms with Crippen LogP contribution in [0.1, 0.15) is 12.8 Å². The Morgan fingerprint density at radius 1 is 1.53 bits per heavy atom. The number of rotatable bonds is 4. The number of carbonyl (C=O) groups is 1. The van der Waals surface area contributed by atoms with Gasteiger partial charge >= 0.3 is 5.97 Å². The zero-order valence-electron chi connectivity index (χ0n) is 8.67. The molecule has 0 heterocycles. The topological polar surface area (TPSA) is 69.7 Å². The summed E-state index contributed by atoms with van der Waals surface area (Å²) in [6.07, 6.45) is 4.78. The van der Waals surface area contributed by atoms with E-state index in [-0.39, 0.29) is 18.3 Å². The van der Waals surface area contributed by atoms with E-state index in [9.17, 15) is 13.2 Å². The molecule has 5 nitrogen and oxygen atoms in total. The number of hydrogen-bond acceptors (Lipinski definition) is 5. The molecule has 2 atom stereocenters. The predicted octanol–water partition coefficient (Wildman–Crippen LogP) is 0.470. The van der Waals surface area contributed by atoms with E-state index in [0.717, 1.165) is 6.26 Å². The van der Waals surface area contributed by atoms with Gasteiger partial charge in [-0.25, -0.2) is 0 Å². The molecule has 86 valence electrons. The third-order valence-corrected chi connectivity index (χ3v) is 2.75. The molecule has 0 spiro atoms. The molecular weight excluding hydrogens is 220 g/mol. The van der Waals surface area contributed by atoms with Crippen LogP contribution in [0.15, 0.2) is 12.2 Å². The SMILES string of the molecule is COC(=O)C[C@H]1C=CC[C@@H]1OS(C)(=O)=O. The van der Waals surface area contributed by atoms with Crippen molar-refractivity contribution in [1.82, 2.24) is 0 Å². The average molecular weight is 234 g/mol. The van der Waals surface area contributed by atoms with E-state index in [1.165, 1.54) is 7.11 Å². The van der Waals surface area contributed by atoms with Gasteiger partial charge in [0.25, 0.3) is 10.1 Å². The van der Waals surface area contributed by atoms with Crippen LogP contribution in [0, 0.1) is 5.92 Å². The highest BCUT2D eigenvalue weighted by molar-refractivity contribution is 7.86. The minimum atomic E-state index is -3.48. The molecule has 0 fully saturated rings. The van der Waals surface area contributed by atoms with Crippen molar-refractivity contribution in [2.24, 2.45) is 5.92 Å². The van der Waals surface area contributed by atoms with Crippen LogP contribution in [-0.4, -0.2) is 33.9 Å². The van der Waals surface area contributed by atoms with Crippen molar-refractivity contribution in [2.75, 3.05) is 13.4 Å². The predicted molar refractivity (Wildman–Crippen MR) is 53.6 cm³/mol. The molecule has 1 aliphatic carbocycles. The van der Waals surface area contributed by atoms with Crippen molar-refractivity contribution in [2.45, 2.75) is 18.9 Å². The van der Waals surface area contributed by atoms with Crippen molar-refractivity contribution in [3.05, 3.63) is 12.2 Å². The van der Waals surface area contributed by atoms with Gasteiger partial charge in [0.2, 0.25) is 0 Å². The van der Waals surface area contributed by atoms with Gasteiger partial charge in [0.15, 0.2) is 0 Å². The molecule has 0 unspecified atom stereocenters. The molecule has 0 saturated carbocycles. The molecule has 0 amide bonds. The monoisotopic (exact) mass is 234 g/mol. The summed E-state index contributed by atoms with van der Waals surface area (Å²) in [7, 11) is -2.18. The second-order valence-electron chi connectivity index (χ2n) is 3.45. The van der Waals surface area contributed by atoms with E-state index in [1.54, 1.807) is 6.08 Å². The van der Waals surface area contributed by atoms with Gasteiger partial charge in [-0.1, -0.05) is 12.2 Å². The van der Waals surface area contributed by atoms with Gasteiger partial charge in [-0.05, 0) is 6.42 Å². The molecule has 0 aromatic heterocycles. The fraction of sp³-hybridized carbons (Fsp3) is 0.667. The lowest BCUT2D eigenvalue weighted by molar-refractivity contribution is -0.141. The first-order valence-electron chi connectivity index (χ1n) is 4.54. The molecule has 0 N–H and O–H groups in total. The lowest BCUT2D eigenvalue weighted by atomic mass is 10.0. The van der Waals surface area contributed by atoms with Crippen LogP contribution in [0.25, 0.3) is 0 Å². The summed E-state index contributed by atoms with van der Waals surface area (Å²) in [6.45, 7) is 0. The van der Waals surface area contributed by atoms with Crippen LogP contribution >= 0.6 is 0 Å². The van der Waals surface area contributed by atoms with Crippen LogP contribution in [0.4, 0.5) is 0 Å². The van der Waals surface area contributed by atoms with Crippen molar-refractivity contribution in [3.63, 3.8) is 0 Å². The van der Waals surface area contributed by atoms with Gasteiger partial charge in [-0.15, -0.1) is 0 Å². The van der Waals surface area contributed by atoms with Crippen molar-refractivity contribution < 1.29 is 22.1 Å². The molecular formula is C9H14O5S. The zero-order chi connectivity index (χ0) is 11.5. The largest absolute Gasteiger partial charge is 0.469 e. The quantitative estimate of drug-likeness (QED) is 0.402. The number of carbonyl (C=O) groups excluding carboxylic acids is 1. The van der Waals surface area contributed by atoms with E-state index in [0.29, 0.717) is 6.42 Å². The molecule has 0 radical (unpaired) electrons. The van der Waals surface area contributed by atoms with Crippen molar-refractivity contribution in [3.8, 4) is 0 Å². The van der Waals surface area contributed by atoms with E-state index in [1.807, 2.05) is 6.08 Å². The average Bonchev–Trinajstić information content (AvgIpc) is 2.50. The Balaban J connectivity index is 2.56. The summed E-state index contributed by atoms with van der Waals surface area (Å²) in [5.74, 6) is -0.583. The summed E-state index contributed by atoms with van der Waals surface area (Å²) in [4.78, 5) is 11.0. The normalized spacial score (nSPS) is 25.5. The minimum Gasteiger partial charge on any atom is -0.469 e. The van der Waals surface area contributed by atoms with Crippen LogP contribution in [-0.2, 0) is 23.8 Å². The van der Waals surface area contributed by atoms with Crippen LogP contribution < -0.4 is 0 Å². The second kappa shape index (κ2) is 4.76. The molecule has 1 aliphatic rings. The Bertz CT molecular complexity index is 357. The molecule has 1 rings (SSSR count). The van der Waals surface area contributed by atoms with Gasteiger partial charge in [-0.3, -0.25) is 8.98 Å². The first-order valence-corrected chi connectivity index (χ1v) is 6.36. The summed E-state index contributed by atoms with van der Waals surface area (Å²) >= 11 is 0. The molecule has 6 heteroatoms. The first-order chi connectivity index (χ1) is 6.92. The fourth-order valence-electron chi connectivity index (χ4n) is 1.50. The summed E-state index contributed by atoms with van der Waals surface area (Å²) in [5, 5.41) is 0. The van der Waals surface area contributed by atoms with Crippen LogP contribution in [0.5, 0.6) is 0 Å². The lowest BCUT2D eigenvalue weighted by Gasteiger charge is -2.17. The third-order valence-electron chi connectivity index (χ3n) is 2.16. The zero-order valence-corrected chi connectivity index (χ0v) is 9.49. The first kappa shape index (κ1) is 12.2. The molecule has 0 aromatic carbocycles. The van der Waals surface area contributed by atoms with E-state index in [2.05, 4.69) is 4.74 Å². The Kier molecular flexibility index (Phi) is 3.87. The Labute approximate surface area is 89.2 Å². The maximum absolute atomic E-state index is 11.0. The van der Waals surface area contributed by atoms with E-state index in [4.69, 9.17) is 4.18 Å². The third kappa shape index (κ3) is 4.01. The number of esters is 1. The van der Waals surface area contributed by atoms with Crippen molar-refractivity contribution in [1.29, 1.82) is 0 Å². The Morgan fingerprint density at radius 3 is 2.73 bits per heavy atom. The summed E-state index contributed by atoms with van der Waals surface area (Å²) < 4.78 is 31.2. The van der Waals surface area contributed by atoms with Gasteiger partial charge in [0.1, 0.15) is 0 Å². The summed E-state index contributed by atoms with van der Waals surface area (Å²) in [5.41, 5.74) is 0. The maximum Gasteiger partial charge on any atom is 0.306 e. The molecule has 0 saturated heterocycles. The smallest absolute Gasteiger partial charge is 0.306 e. The molecule has 0 aliphatic heterocycles. The molecule has 0 aromatic rings. The maximum atomic E-state index is 11.0. The van der Waals surface area contributed by atoms with Gasteiger partial charge in [-0.2, -0.15) is 8.42 Å². The highest BCUT2D eigenvalue weighted by Gasteiger charge is 2.29. The van der Waals surface area contributed by atoms with Crippen LogP contribution in [0.2, 0.25) is 0 Å². The van der Waals surface area contributed by atoms with E-state index < -0.39 is 16.2 Å². The number of methoxy groups -OCH3 is 1. The summed E-state index contributed by atoms with van der Waals surface area (Å²) in [6, 6.07) is 0. The van der Waals surface area contributed by atoms with Gasteiger partial charge in [0, 0.05) is 5.92 Å². The number of hydrogen-bond donors (Lipinski definition) is 0. The Morgan fingerprint density at radius 2 is 2.20 bits per heavy atom. The molecule has 0 bridgehead atoms. The highest BCUT2D eigenvalue weighted by atomic mass is 32.2. The van der Waals surface area contributed by atoms with Crippen LogP contribution in [0.3, 0.4) is 0 Å². The second-order valence-corrected chi connectivity index (χ2v) is 5.05.